The van der Waals surface area contributed by atoms with Gasteiger partial charge in [-0.25, -0.2) is 4.98 Å². The predicted octanol–water partition coefficient (Wildman–Crippen LogP) is 4.37. The van der Waals surface area contributed by atoms with Crippen LogP contribution in [0, 0.1) is 0 Å². The average Bonchev–Trinajstić information content (AvgIpc) is 3.26. The number of rotatable bonds is 5. The highest BCUT2D eigenvalue weighted by Gasteiger charge is 2.28. The highest BCUT2D eigenvalue weighted by molar-refractivity contribution is 8.04. The van der Waals surface area contributed by atoms with Gasteiger partial charge >= 0.3 is 0 Å². The molecular formula is C21H19N3O2S2. The van der Waals surface area contributed by atoms with Crippen LogP contribution in [0.25, 0.3) is 16.3 Å². The second-order valence-electron chi connectivity index (χ2n) is 6.37. The van der Waals surface area contributed by atoms with E-state index in [4.69, 9.17) is 0 Å². The third-order valence-electron chi connectivity index (χ3n) is 4.42. The Morgan fingerprint density at radius 1 is 1.21 bits per heavy atom. The van der Waals surface area contributed by atoms with Crippen molar-refractivity contribution in [3.05, 3.63) is 64.1 Å². The van der Waals surface area contributed by atoms with Crippen molar-refractivity contribution < 1.29 is 9.59 Å². The predicted molar refractivity (Wildman–Crippen MR) is 116 cm³/mol. The van der Waals surface area contributed by atoms with Crippen LogP contribution in [0.1, 0.15) is 17.5 Å². The summed E-state index contributed by atoms with van der Waals surface area (Å²) in [4.78, 5) is 30.9. The van der Waals surface area contributed by atoms with Gasteiger partial charge in [-0.05, 0) is 36.2 Å². The van der Waals surface area contributed by atoms with Gasteiger partial charge in [-0.1, -0.05) is 43.0 Å². The summed E-state index contributed by atoms with van der Waals surface area (Å²) in [5.41, 5.74) is 2.89. The number of aryl methyl sites for hydroxylation is 1. The van der Waals surface area contributed by atoms with Gasteiger partial charge in [0, 0.05) is 11.8 Å². The molecule has 28 heavy (non-hydrogen) atoms. The van der Waals surface area contributed by atoms with Crippen LogP contribution in [0.15, 0.2) is 53.6 Å². The number of thiazole rings is 1. The summed E-state index contributed by atoms with van der Waals surface area (Å²) in [7, 11) is 0. The zero-order valence-electron chi connectivity index (χ0n) is 15.3. The first kappa shape index (κ1) is 18.7. The number of carbonyl (C=O) groups excluding carboxylic acids is 2. The molecule has 0 unspecified atom stereocenters. The number of fused-ring (bicyclic) bond motifs is 1. The van der Waals surface area contributed by atoms with Crippen molar-refractivity contribution in [1.82, 2.24) is 9.88 Å². The van der Waals surface area contributed by atoms with E-state index < -0.39 is 0 Å². The molecule has 0 saturated carbocycles. The quantitative estimate of drug-likeness (QED) is 0.680. The Balaban J connectivity index is 1.48. The second-order valence-corrected chi connectivity index (χ2v) is 8.43. The average molecular weight is 410 g/mol. The van der Waals surface area contributed by atoms with Crippen LogP contribution in [0.5, 0.6) is 0 Å². The number of carbonyl (C=O) groups is 2. The van der Waals surface area contributed by atoms with Crippen molar-refractivity contribution in [2.45, 2.75) is 13.3 Å². The van der Waals surface area contributed by atoms with Gasteiger partial charge < -0.3 is 5.32 Å². The molecule has 0 radical (unpaired) electrons. The Labute approximate surface area is 171 Å². The number of hydrogen-bond donors (Lipinski definition) is 1. The molecule has 1 saturated heterocycles. The molecule has 1 aliphatic heterocycles. The lowest BCUT2D eigenvalue weighted by Gasteiger charge is -2.16. The van der Waals surface area contributed by atoms with Crippen LogP contribution in [0.3, 0.4) is 0 Å². The Morgan fingerprint density at radius 3 is 2.75 bits per heavy atom. The number of nitrogens with one attached hydrogen (secondary N) is 1. The summed E-state index contributed by atoms with van der Waals surface area (Å²) in [6, 6.07) is 15.7. The molecule has 5 nitrogen and oxygen atoms in total. The van der Waals surface area contributed by atoms with Crippen LogP contribution < -0.4 is 5.32 Å². The third-order valence-corrected chi connectivity index (χ3v) is 6.42. The molecule has 0 bridgehead atoms. The number of benzene rings is 2. The maximum absolute atomic E-state index is 12.5. The van der Waals surface area contributed by atoms with E-state index in [2.05, 4.69) is 17.2 Å². The second kappa shape index (κ2) is 8.16. The van der Waals surface area contributed by atoms with Crippen LogP contribution >= 0.6 is 23.1 Å². The molecule has 142 valence electrons. The maximum atomic E-state index is 12.5. The summed E-state index contributed by atoms with van der Waals surface area (Å²) in [5, 5.41) is 4.46. The summed E-state index contributed by atoms with van der Waals surface area (Å²) < 4.78 is 1.10. The minimum Gasteiger partial charge on any atom is -0.325 e. The summed E-state index contributed by atoms with van der Waals surface area (Å²) in [6.07, 6.45) is 2.84. The van der Waals surface area contributed by atoms with Crippen molar-refractivity contribution >= 4 is 56.9 Å². The van der Waals surface area contributed by atoms with Crippen molar-refractivity contribution in [3.63, 3.8) is 0 Å². The fourth-order valence-electron chi connectivity index (χ4n) is 2.93. The Kier molecular flexibility index (Phi) is 5.45. The van der Waals surface area contributed by atoms with E-state index in [0.29, 0.717) is 5.75 Å². The number of aromatic nitrogens is 1. The van der Waals surface area contributed by atoms with Gasteiger partial charge in [-0.15, -0.1) is 11.3 Å². The molecule has 0 spiro atoms. The fraction of sp³-hybridized carbons (Fsp3) is 0.190. The zero-order valence-corrected chi connectivity index (χ0v) is 17.0. The molecular weight excluding hydrogens is 390 g/mol. The van der Waals surface area contributed by atoms with Gasteiger partial charge in [-0.2, -0.15) is 0 Å². The van der Waals surface area contributed by atoms with Crippen LogP contribution in [-0.4, -0.2) is 34.0 Å². The first-order valence-electron chi connectivity index (χ1n) is 9.01. The van der Waals surface area contributed by atoms with E-state index in [1.54, 1.807) is 11.3 Å². The molecule has 0 atom stereocenters. The van der Waals surface area contributed by atoms with Crippen LogP contribution in [-0.2, 0) is 16.0 Å². The molecule has 1 aromatic heterocycles. The number of amides is 2. The number of nitrogens with zero attached hydrogens (tertiary/aromatic N) is 2. The molecule has 3 aromatic rings. The third kappa shape index (κ3) is 4.10. The van der Waals surface area contributed by atoms with Crippen molar-refractivity contribution in [2.75, 3.05) is 17.6 Å². The standard InChI is InChI=1S/C21H19N3O2S2/c1-2-14-7-9-15(10-8-14)22-18(25)12-24-20(26)13-27-21(24)11-19-23-16-5-3-4-6-17(16)28-19/h3-11H,2,12-13H2,1H3,(H,22,25). The molecule has 1 aliphatic rings. The lowest BCUT2D eigenvalue weighted by molar-refractivity contribution is -0.129. The molecule has 4 rings (SSSR count). The van der Waals surface area contributed by atoms with E-state index in [-0.39, 0.29) is 18.4 Å². The largest absolute Gasteiger partial charge is 0.325 e. The SMILES string of the molecule is CCc1ccc(NC(=O)CN2C(=O)CSC2=Cc2nc3ccccc3s2)cc1. The smallest absolute Gasteiger partial charge is 0.244 e. The number of thioether (sulfide) groups is 1. The molecule has 7 heteroatoms. The van der Waals surface area contributed by atoms with E-state index in [9.17, 15) is 9.59 Å². The monoisotopic (exact) mass is 409 g/mol. The first-order valence-corrected chi connectivity index (χ1v) is 10.8. The lowest BCUT2D eigenvalue weighted by atomic mass is 10.1. The summed E-state index contributed by atoms with van der Waals surface area (Å²) in [5.74, 6) is 0.0685. The van der Waals surface area contributed by atoms with Gasteiger partial charge in [0.1, 0.15) is 11.6 Å². The Morgan fingerprint density at radius 2 is 2.00 bits per heavy atom. The van der Waals surface area contributed by atoms with Gasteiger partial charge in [0.15, 0.2) is 0 Å². The molecule has 1 fully saturated rings. The van der Waals surface area contributed by atoms with Crippen molar-refractivity contribution in [3.8, 4) is 0 Å². The summed E-state index contributed by atoms with van der Waals surface area (Å²) in [6.45, 7) is 2.08. The molecule has 1 N–H and O–H groups in total. The molecule has 0 aliphatic carbocycles. The van der Waals surface area contributed by atoms with Gasteiger partial charge in [-0.3, -0.25) is 14.5 Å². The van der Waals surface area contributed by atoms with Gasteiger partial charge in [0.25, 0.3) is 0 Å². The van der Waals surface area contributed by atoms with Crippen molar-refractivity contribution in [2.24, 2.45) is 0 Å². The van der Waals surface area contributed by atoms with Crippen molar-refractivity contribution in [1.29, 1.82) is 0 Å². The minimum absolute atomic E-state index is 0.00189. The molecule has 2 amide bonds. The topological polar surface area (TPSA) is 62.3 Å². The zero-order chi connectivity index (χ0) is 19.5. The van der Waals surface area contributed by atoms with Gasteiger partial charge in [0.2, 0.25) is 11.8 Å². The van der Waals surface area contributed by atoms with E-state index in [0.717, 1.165) is 32.4 Å². The minimum atomic E-state index is -0.213. The lowest BCUT2D eigenvalue weighted by Crippen LogP contribution is -2.33. The number of para-hydroxylation sites is 1. The molecule has 2 heterocycles. The normalized spacial score (nSPS) is 15.5. The summed E-state index contributed by atoms with van der Waals surface area (Å²) >= 11 is 3.01. The van der Waals surface area contributed by atoms with E-state index >= 15 is 0 Å². The Bertz CT molecular complexity index is 1020. The molecule has 2 aromatic carbocycles. The number of hydrogen-bond acceptors (Lipinski definition) is 5. The van der Waals surface area contributed by atoms with E-state index in [1.165, 1.54) is 22.2 Å². The Hall–Kier alpha value is -2.64. The maximum Gasteiger partial charge on any atom is 0.244 e. The van der Waals surface area contributed by atoms with Crippen LogP contribution in [0.2, 0.25) is 0 Å². The van der Waals surface area contributed by atoms with E-state index in [1.807, 2.05) is 54.6 Å². The number of anilines is 1. The highest BCUT2D eigenvalue weighted by Crippen LogP contribution is 2.32. The highest BCUT2D eigenvalue weighted by atomic mass is 32.2. The van der Waals surface area contributed by atoms with Crippen LogP contribution in [0.4, 0.5) is 5.69 Å². The van der Waals surface area contributed by atoms with Gasteiger partial charge in [0.05, 0.1) is 21.0 Å². The fourth-order valence-corrected chi connectivity index (χ4v) is 4.85. The first-order chi connectivity index (χ1) is 13.6.